The molecule has 1 aliphatic rings. The summed E-state index contributed by atoms with van der Waals surface area (Å²) in [5.74, 6) is 2.60. The average Bonchev–Trinajstić information content (AvgIpc) is 3.85. The minimum atomic E-state index is -0.192. The van der Waals surface area contributed by atoms with Crippen LogP contribution in [0, 0.1) is 0 Å². The maximum atomic E-state index is 6.52. The summed E-state index contributed by atoms with van der Waals surface area (Å²) in [4.78, 5) is 15.7. The van der Waals surface area contributed by atoms with Crippen molar-refractivity contribution in [3.8, 4) is 45.0 Å². The fourth-order valence-corrected chi connectivity index (χ4v) is 9.52. The number of fused-ring (bicyclic) bond motifs is 6. The standard InChI is InChI=1S/C51H33N3OS/c1-4-13-32(14-5-1)33-23-25-36(26-24-33)50-52-49(35-17-8-3-9-18-35)53-51(54-50)41-29-30-43-48(39-19-10-11-21-42(39)55-43)46(41)37-27-28-40-45(31-37)56-44-22-12-20-38(47(40)44)34-15-6-2-7-16-34/h1-31,41,46H. The van der Waals surface area contributed by atoms with Gasteiger partial charge >= 0.3 is 0 Å². The highest BCUT2D eigenvalue weighted by Gasteiger charge is 2.36. The van der Waals surface area contributed by atoms with Crippen molar-refractivity contribution >= 4 is 48.6 Å². The van der Waals surface area contributed by atoms with Crippen molar-refractivity contribution in [3.63, 3.8) is 0 Å². The summed E-state index contributed by atoms with van der Waals surface area (Å²) in [5, 5.41) is 3.67. The molecular weight excluding hydrogens is 703 g/mol. The van der Waals surface area contributed by atoms with Gasteiger partial charge in [-0.2, -0.15) is 0 Å². The lowest BCUT2D eigenvalue weighted by Gasteiger charge is -2.28. The van der Waals surface area contributed by atoms with E-state index in [1.807, 2.05) is 41.7 Å². The predicted octanol–water partition coefficient (Wildman–Crippen LogP) is 13.6. The number of rotatable bonds is 6. The Morgan fingerprint density at radius 2 is 1.11 bits per heavy atom. The molecule has 3 aromatic heterocycles. The third-order valence-electron chi connectivity index (χ3n) is 11.0. The third-order valence-corrected chi connectivity index (χ3v) is 12.1. The molecule has 0 aliphatic heterocycles. The number of para-hydroxylation sites is 1. The van der Waals surface area contributed by atoms with Crippen LogP contribution in [0.5, 0.6) is 0 Å². The zero-order chi connectivity index (χ0) is 37.0. The van der Waals surface area contributed by atoms with Crippen LogP contribution in [-0.2, 0) is 0 Å². The normalized spacial score (nSPS) is 15.1. The van der Waals surface area contributed by atoms with Crippen LogP contribution in [0.1, 0.15) is 34.5 Å². The van der Waals surface area contributed by atoms with Crippen LogP contribution in [0.25, 0.3) is 82.2 Å². The number of thiophene rings is 1. The van der Waals surface area contributed by atoms with Crippen molar-refractivity contribution in [2.45, 2.75) is 11.8 Å². The molecule has 5 heteroatoms. The van der Waals surface area contributed by atoms with Crippen molar-refractivity contribution in [1.29, 1.82) is 0 Å². The zero-order valence-corrected chi connectivity index (χ0v) is 31.0. The molecule has 0 N–H and O–H groups in total. The SMILES string of the molecule is C1=CC(c2nc(-c3ccccc3)nc(-c3ccc(-c4ccccc4)cc3)n2)C(c2ccc3c(c2)sc2cccc(-c4ccccc4)c23)c2c1oc1ccccc21. The minimum absolute atomic E-state index is 0.110. The summed E-state index contributed by atoms with van der Waals surface area (Å²) in [6.45, 7) is 0. The van der Waals surface area contributed by atoms with E-state index in [0.717, 1.165) is 44.8 Å². The Bertz CT molecular complexity index is 3080. The van der Waals surface area contributed by atoms with Crippen LogP contribution >= 0.6 is 11.3 Å². The van der Waals surface area contributed by atoms with E-state index in [0.29, 0.717) is 11.6 Å². The molecule has 10 aromatic rings. The molecule has 7 aromatic carbocycles. The molecule has 2 unspecified atom stereocenters. The van der Waals surface area contributed by atoms with Gasteiger partial charge in [0.1, 0.15) is 17.2 Å². The summed E-state index contributed by atoms with van der Waals surface area (Å²) in [6.07, 6.45) is 4.34. The highest BCUT2D eigenvalue weighted by atomic mass is 32.1. The first kappa shape index (κ1) is 32.5. The lowest BCUT2D eigenvalue weighted by atomic mass is 9.76. The van der Waals surface area contributed by atoms with Gasteiger partial charge < -0.3 is 4.42 Å². The lowest BCUT2D eigenvalue weighted by Crippen LogP contribution is -2.18. The molecule has 0 fully saturated rings. The van der Waals surface area contributed by atoms with Crippen LogP contribution in [0.3, 0.4) is 0 Å². The van der Waals surface area contributed by atoms with Gasteiger partial charge in [0.05, 0.1) is 0 Å². The molecule has 0 bridgehead atoms. The van der Waals surface area contributed by atoms with Gasteiger partial charge in [-0.05, 0) is 52.1 Å². The van der Waals surface area contributed by atoms with Gasteiger partial charge in [-0.25, -0.2) is 15.0 Å². The van der Waals surface area contributed by atoms with E-state index in [9.17, 15) is 0 Å². The van der Waals surface area contributed by atoms with Crippen molar-refractivity contribution < 1.29 is 4.42 Å². The van der Waals surface area contributed by atoms with E-state index in [2.05, 4.69) is 158 Å². The first-order valence-corrected chi connectivity index (χ1v) is 19.7. The summed E-state index contributed by atoms with van der Waals surface area (Å²) in [7, 11) is 0. The van der Waals surface area contributed by atoms with E-state index < -0.39 is 0 Å². The first-order chi connectivity index (χ1) is 27.7. The fourth-order valence-electron chi connectivity index (χ4n) is 8.34. The molecular formula is C51H33N3OS. The molecule has 0 saturated carbocycles. The second kappa shape index (κ2) is 13.4. The average molecular weight is 736 g/mol. The number of aromatic nitrogens is 3. The Labute approximate surface area is 328 Å². The topological polar surface area (TPSA) is 51.8 Å². The lowest BCUT2D eigenvalue weighted by molar-refractivity contribution is 0.575. The number of benzene rings is 7. The monoisotopic (exact) mass is 735 g/mol. The highest BCUT2D eigenvalue weighted by molar-refractivity contribution is 7.26. The molecule has 0 saturated heterocycles. The molecule has 56 heavy (non-hydrogen) atoms. The number of allylic oxidation sites excluding steroid dienone is 1. The molecule has 264 valence electrons. The second-order valence-electron chi connectivity index (χ2n) is 14.3. The Morgan fingerprint density at radius 1 is 0.482 bits per heavy atom. The van der Waals surface area contributed by atoms with Crippen molar-refractivity contribution in [3.05, 3.63) is 205 Å². The summed E-state index contributed by atoms with van der Waals surface area (Å²) in [6, 6.07) is 61.9. The van der Waals surface area contributed by atoms with E-state index in [4.69, 9.17) is 19.4 Å². The van der Waals surface area contributed by atoms with Crippen LogP contribution in [0.15, 0.2) is 186 Å². The molecule has 0 radical (unpaired) electrons. The number of hydrogen-bond acceptors (Lipinski definition) is 5. The van der Waals surface area contributed by atoms with Crippen LogP contribution in [-0.4, -0.2) is 15.0 Å². The van der Waals surface area contributed by atoms with Gasteiger partial charge in [0.2, 0.25) is 0 Å². The molecule has 11 rings (SSSR count). The van der Waals surface area contributed by atoms with E-state index in [-0.39, 0.29) is 11.8 Å². The number of hydrogen-bond donors (Lipinski definition) is 0. The second-order valence-corrected chi connectivity index (χ2v) is 15.4. The number of furan rings is 1. The van der Waals surface area contributed by atoms with Gasteiger partial charge in [-0.15, -0.1) is 11.3 Å². The van der Waals surface area contributed by atoms with Gasteiger partial charge in [0, 0.05) is 54.1 Å². The molecule has 3 heterocycles. The fraction of sp³-hybridized carbons (Fsp3) is 0.0392. The highest BCUT2D eigenvalue weighted by Crippen LogP contribution is 2.50. The number of nitrogens with zero attached hydrogens (tertiary/aromatic N) is 3. The largest absolute Gasteiger partial charge is 0.456 e. The summed E-state index contributed by atoms with van der Waals surface area (Å²) in [5.41, 5.74) is 9.93. The maximum absolute atomic E-state index is 6.52. The van der Waals surface area contributed by atoms with Crippen molar-refractivity contribution in [2.24, 2.45) is 0 Å². The molecule has 0 amide bonds. The molecule has 1 aliphatic carbocycles. The Balaban J connectivity index is 1.09. The zero-order valence-electron chi connectivity index (χ0n) is 30.2. The van der Waals surface area contributed by atoms with Gasteiger partial charge in [-0.3, -0.25) is 0 Å². The van der Waals surface area contributed by atoms with Gasteiger partial charge in [0.15, 0.2) is 11.6 Å². The van der Waals surface area contributed by atoms with Crippen molar-refractivity contribution in [2.75, 3.05) is 0 Å². The van der Waals surface area contributed by atoms with Gasteiger partial charge in [0.25, 0.3) is 0 Å². The smallest absolute Gasteiger partial charge is 0.163 e. The maximum Gasteiger partial charge on any atom is 0.163 e. The molecule has 4 nitrogen and oxygen atoms in total. The predicted molar refractivity (Wildman–Crippen MR) is 231 cm³/mol. The minimum Gasteiger partial charge on any atom is -0.456 e. The van der Waals surface area contributed by atoms with Gasteiger partial charge in [-0.1, -0.05) is 164 Å². The Kier molecular flexibility index (Phi) is 7.78. The quantitative estimate of drug-likeness (QED) is 0.171. The van der Waals surface area contributed by atoms with Crippen molar-refractivity contribution in [1.82, 2.24) is 15.0 Å². The third kappa shape index (κ3) is 5.55. The summed E-state index contributed by atoms with van der Waals surface area (Å²) < 4.78 is 9.05. The van der Waals surface area contributed by atoms with E-state index in [1.54, 1.807) is 0 Å². The Morgan fingerprint density at radius 3 is 1.86 bits per heavy atom. The molecule has 0 spiro atoms. The molecule has 2 atom stereocenters. The van der Waals surface area contributed by atoms with E-state index in [1.165, 1.54) is 42.4 Å². The van der Waals surface area contributed by atoms with E-state index >= 15 is 0 Å². The summed E-state index contributed by atoms with van der Waals surface area (Å²) >= 11 is 1.85. The van der Waals surface area contributed by atoms with Crippen LogP contribution in [0.2, 0.25) is 0 Å². The Hall–Kier alpha value is -6.95. The van der Waals surface area contributed by atoms with Crippen LogP contribution in [0.4, 0.5) is 0 Å². The first-order valence-electron chi connectivity index (χ1n) is 18.9. The van der Waals surface area contributed by atoms with Crippen LogP contribution < -0.4 is 0 Å².